The standard InChI is InChI=1S/C11H14N4O7S3/c1-11(9(17)18,3-5-4-24-10(12)13-5)22-14-6-7(16)15(8(6)23-2)25(19,20)21/h4,8H,3H2,1-2H3,(H2,12,13)(H,17,18)(H,19,20,21)/b14-6+/t8-,11-/m1/s1. The fourth-order valence-electron chi connectivity index (χ4n) is 1.94. The lowest BCUT2D eigenvalue weighted by molar-refractivity contribution is -0.326. The van der Waals surface area contributed by atoms with Crippen LogP contribution in [0.4, 0.5) is 5.13 Å². The molecule has 0 aliphatic carbocycles. The van der Waals surface area contributed by atoms with Gasteiger partial charge < -0.3 is 25.0 Å². The van der Waals surface area contributed by atoms with Crippen LogP contribution in [0.1, 0.15) is 12.6 Å². The third-order valence-corrected chi connectivity index (χ3v) is 5.84. The number of oxime groups is 1. The maximum Gasteiger partial charge on any atom is 0.489 e. The highest BCUT2D eigenvalue weighted by Crippen LogP contribution is 2.29. The molecule has 11 nitrogen and oxygen atoms in total. The summed E-state index contributed by atoms with van der Waals surface area (Å²) in [5, 5.41) is 15.7. The predicted molar refractivity (Wildman–Crippen MR) is 88.8 cm³/mol. The zero-order chi connectivity index (χ0) is 19.0. The Hall–Kier alpha value is -1.90. The van der Waals surface area contributed by atoms with Crippen LogP contribution in [0.25, 0.3) is 0 Å². The van der Waals surface area contributed by atoms with E-state index in [4.69, 9.17) is 15.1 Å². The van der Waals surface area contributed by atoms with Gasteiger partial charge in [-0.2, -0.15) is 4.31 Å². The smallest absolute Gasteiger partial charge is 0.489 e. The molecule has 0 unspecified atom stereocenters. The van der Waals surface area contributed by atoms with Crippen molar-refractivity contribution >= 4 is 56.1 Å². The third kappa shape index (κ3) is 3.86. The Morgan fingerprint density at radius 2 is 2.32 bits per heavy atom. The molecule has 1 fully saturated rings. The number of hydrogen-bond acceptors (Lipinski definition) is 11. The van der Waals surface area contributed by atoms with Crippen LogP contribution in [0, 0.1) is 0 Å². The highest BCUT2D eigenvalue weighted by Gasteiger charge is 2.54. The van der Waals surface area contributed by atoms with Crippen molar-refractivity contribution in [2.24, 2.45) is 5.16 Å². The molecule has 1 amide bonds. The number of rotatable bonds is 7. The molecule has 14 heteroatoms. The minimum Gasteiger partial charge on any atom is -0.546 e. The van der Waals surface area contributed by atoms with Crippen molar-refractivity contribution < 1.29 is 32.5 Å². The van der Waals surface area contributed by atoms with Gasteiger partial charge in [-0.3, -0.25) is 4.79 Å². The summed E-state index contributed by atoms with van der Waals surface area (Å²) in [4.78, 5) is 32.2. The van der Waals surface area contributed by atoms with E-state index >= 15 is 0 Å². The van der Waals surface area contributed by atoms with Crippen molar-refractivity contribution in [1.82, 2.24) is 9.29 Å². The topological polar surface area (TPSA) is 178 Å². The number of thioether (sulfide) groups is 1. The van der Waals surface area contributed by atoms with Crippen LogP contribution in [0.3, 0.4) is 0 Å². The Balaban J connectivity index is 2.22. The number of anilines is 1. The predicted octanol–water partition coefficient (Wildman–Crippen LogP) is -2.35. The molecule has 0 spiro atoms. The van der Waals surface area contributed by atoms with Gasteiger partial charge in [0.2, 0.25) is 0 Å². The molecule has 1 aliphatic heterocycles. The zero-order valence-corrected chi connectivity index (χ0v) is 15.4. The van der Waals surface area contributed by atoms with E-state index in [-0.39, 0.29) is 17.3 Å². The molecule has 4 N–H and O–H groups in total. The van der Waals surface area contributed by atoms with Gasteiger partial charge in [-0.25, -0.2) is 4.98 Å². The Bertz CT molecular complexity index is 836. The summed E-state index contributed by atoms with van der Waals surface area (Å²) in [6, 6.07) is 0. The van der Waals surface area contributed by atoms with Crippen LogP contribution in [-0.2, 0) is 31.2 Å². The first kappa shape index (κ1) is 19.4. The Kier molecular flexibility index (Phi) is 5.27. The van der Waals surface area contributed by atoms with Gasteiger partial charge in [0.15, 0.2) is 21.8 Å². The lowest BCUT2D eigenvalue weighted by Gasteiger charge is -2.35. The number of hydrogen-bond donors (Lipinski definition) is 1. The summed E-state index contributed by atoms with van der Waals surface area (Å²) < 4.78 is 29.7. The van der Waals surface area contributed by atoms with Gasteiger partial charge >= 0.3 is 10.3 Å². The lowest BCUT2D eigenvalue weighted by atomic mass is 10.0. The van der Waals surface area contributed by atoms with Gasteiger partial charge in [-0.05, 0) is 13.2 Å². The number of thiazole rings is 1. The molecule has 0 saturated carbocycles. The average Bonchev–Trinajstić information content (AvgIpc) is 2.87. The van der Waals surface area contributed by atoms with Crippen LogP contribution in [0.2, 0.25) is 0 Å². The number of carboxylic acids is 1. The number of nitrogens with two attached hydrogens (primary N) is 1. The molecule has 1 aromatic rings. The largest absolute Gasteiger partial charge is 0.546 e. The van der Waals surface area contributed by atoms with E-state index in [0.717, 1.165) is 23.1 Å². The first-order valence-electron chi connectivity index (χ1n) is 6.53. The molecule has 2 heterocycles. The fourth-order valence-corrected chi connectivity index (χ4v) is 4.42. The quantitative estimate of drug-likeness (QED) is 0.292. The maximum absolute atomic E-state index is 11.8. The molecule has 1 saturated heterocycles. The van der Waals surface area contributed by atoms with Crippen molar-refractivity contribution in [2.75, 3.05) is 12.0 Å². The first-order valence-corrected chi connectivity index (χ1v) is 10.1. The highest BCUT2D eigenvalue weighted by molar-refractivity contribution is 8.01. The number of aromatic nitrogens is 1. The molecule has 138 valence electrons. The summed E-state index contributed by atoms with van der Waals surface area (Å²) in [5.74, 6) is -2.64. The number of β-lactam (4-membered cyclic amide) rings is 1. The number of amides is 1. The first-order chi connectivity index (χ1) is 11.5. The fraction of sp³-hybridized carbons (Fsp3) is 0.455. The summed E-state index contributed by atoms with van der Waals surface area (Å²) in [7, 11) is -4.50. The van der Waals surface area contributed by atoms with Crippen LogP contribution in [-0.4, -0.2) is 57.1 Å². The Morgan fingerprint density at radius 1 is 1.68 bits per heavy atom. The number of carboxylic acid groups (broad SMARTS) is 1. The van der Waals surface area contributed by atoms with Crippen molar-refractivity contribution in [3.05, 3.63) is 11.1 Å². The van der Waals surface area contributed by atoms with E-state index in [2.05, 4.69) is 10.1 Å². The summed E-state index contributed by atoms with van der Waals surface area (Å²) in [6.07, 6.45) is 1.28. The van der Waals surface area contributed by atoms with Crippen LogP contribution in [0.15, 0.2) is 10.5 Å². The Morgan fingerprint density at radius 3 is 2.76 bits per heavy atom. The van der Waals surface area contributed by atoms with E-state index < -0.39 is 33.2 Å². The van der Waals surface area contributed by atoms with E-state index in [1.54, 1.807) is 5.38 Å². The number of aliphatic carboxylic acids is 1. The number of nitrogens with zero attached hydrogens (tertiary/aromatic N) is 3. The lowest BCUT2D eigenvalue weighted by Crippen LogP contribution is -2.62. The molecule has 1 aromatic heterocycles. The SMILES string of the molecule is CS[C@@H]1/C(=N/O[C@](C)(Cc2csc(N)n2)C(=O)[O-])C(=O)N1S(=O)(=O)[OH2+]. The molecule has 0 aromatic carbocycles. The summed E-state index contributed by atoms with van der Waals surface area (Å²) in [5.41, 5.74) is 3.57. The van der Waals surface area contributed by atoms with Crippen molar-refractivity contribution in [3.8, 4) is 0 Å². The van der Waals surface area contributed by atoms with Gasteiger partial charge in [-0.15, -0.1) is 31.5 Å². The van der Waals surface area contributed by atoms with Gasteiger partial charge in [0, 0.05) is 11.8 Å². The van der Waals surface area contributed by atoms with Crippen LogP contribution < -0.4 is 10.8 Å². The summed E-state index contributed by atoms with van der Waals surface area (Å²) >= 11 is 2.04. The molecular formula is C11H14N4O7S3. The van der Waals surface area contributed by atoms with Gasteiger partial charge in [0.1, 0.15) is 0 Å². The van der Waals surface area contributed by atoms with Crippen molar-refractivity contribution in [3.63, 3.8) is 0 Å². The summed E-state index contributed by atoms with van der Waals surface area (Å²) in [6.45, 7) is 1.18. The minimum atomic E-state index is -4.50. The second kappa shape index (κ2) is 6.78. The zero-order valence-electron chi connectivity index (χ0n) is 13.0. The second-order valence-electron chi connectivity index (χ2n) is 5.13. The molecule has 0 radical (unpaired) electrons. The van der Waals surface area contributed by atoms with Crippen molar-refractivity contribution in [1.29, 1.82) is 0 Å². The van der Waals surface area contributed by atoms with E-state index in [9.17, 15) is 23.1 Å². The van der Waals surface area contributed by atoms with E-state index in [1.165, 1.54) is 13.2 Å². The van der Waals surface area contributed by atoms with Crippen LogP contribution >= 0.6 is 23.1 Å². The molecule has 2 rings (SSSR count). The van der Waals surface area contributed by atoms with Crippen molar-refractivity contribution in [2.45, 2.75) is 24.3 Å². The third-order valence-electron chi connectivity index (χ3n) is 3.21. The average molecular weight is 410 g/mol. The molecule has 2 atom stereocenters. The Labute approximate surface area is 150 Å². The number of nitrogen functional groups attached to an aromatic ring is 1. The van der Waals surface area contributed by atoms with E-state index in [1.807, 2.05) is 0 Å². The monoisotopic (exact) mass is 410 g/mol. The van der Waals surface area contributed by atoms with E-state index in [0.29, 0.717) is 10.00 Å². The van der Waals surface area contributed by atoms with Gasteiger partial charge in [-0.1, -0.05) is 5.16 Å². The normalized spacial score (nSPS) is 21.7. The molecule has 0 bridgehead atoms. The number of carbonyl (C=O) groups is 2. The van der Waals surface area contributed by atoms with Crippen LogP contribution in [0.5, 0.6) is 0 Å². The number of carbonyl (C=O) groups excluding carboxylic acids is 2. The highest BCUT2D eigenvalue weighted by atomic mass is 32.2. The molecule has 1 aliphatic rings. The minimum absolute atomic E-state index is 0.224. The second-order valence-corrected chi connectivity index (χ2v) is 8.29. The molecule has 25 heavy (non-hydrogen) atoms. The molecular weight excluding hydrogens is 396 g/mol. The maximum atomic E-state index is 11.8. The van der Waals surface area contributed by atoms with Gasteiger partial charge in [0.25, 0.3) is 5.91 Å². The van der Waals surface area contributed by atoms with Gasteiger partial charge in [0.05, 0.1) is 11.7 Å².